The lowest BCUT2D eigenvalue weighted by Crippen LogP contribution is -2.48. The number of aromatic nitrogens is 3. The lowest BCUT2D eigenvalue weighted by Gasteiger charge is -2.39. The second-order valence-electron chi connectivity index (χ2n) is 4.98. The van der Waals surface area contributed by atoms with E-state index in [1.807, 2.05) is 0 Å². The predicted octanol–water partition coefficient (Wildman–Crippen LogP) is 0.879. The summed E-state index contributed by atoms with van der Waals surface area (Å²) >= 11 is 0. The summed E-state index contributed by atoms with van der Waals surface area (Å²) in [6.45, 7) is 7.42. The highest BCUT2D eigenvalue weighted by molar-refractivity contribution is 5.84. The monoisotopic (exact) mass is 238 g/mol. The van der Waals surface area contributed by atoms with Crippen molar-refractivity contribution in [2.45, 2.75) is 26.3 Å². The summed E-state index contributed by atoms with van der Waals surface area (Å²) in [6.07, 6.45) is 2.71. The first-order valence-corrected chi connectivity index (χ1v) is 5.93. The first-order chi connectivity index (χ1) is 8.06. The van der Waals surface area contributed by atoms with E-state index in [0.29, 0.717) is 0 Å². The van der Waals surface area contributed by atoms with Gasteiger partial charge in [0.25, 0.3) is 0 Å². The first kappa shape index (κ1) is 12.0. The summed E-state index contributed by atoms with van der Waals surface area (Å²) < 4.78 is 1.66. The molecule has 0 atom stereocenters. The Labute approximate surface area is 100 Å². The number of carbonyl (C=O) groups is 1. The number of likely N-dealkylation sites (tertiary alicyclic amines) is 1. The molecule has 6 heteroatoms. The third-order valence-electron chi connectivity index (χ3n) is 3.06. The van der Waals surface area contributed by atoms with Crippen LogP contribution in [0, 0.1) is 5.92 Å². The van der Waals surface area contributed by atoms with Crippen molar-refractivity contribution in [3.05, 3.63) is 11.9 Å². The minimum Gasteiger partial charge on any atom is -0.476 e. The van der Waals surface area contributed by atoms with E-state index in [1.54, 1.807) is 4.68 Å². The van der Waals surface area contributed by atoms with Crippen LogP contribution in [0.4, 0.5) is 0 Å². The number of rotatable bonds is 5. The van der Waals surface area contributed by atoms with Crippen LogP contribution in [0.1, 0.15) is 36.8 Å². The SMILES string of the molecule is CC(C)CCN1CC(n2cc(C(=O)O)nn2)C1. The fraction of sp³-hybridized carbons (Fsp3) is 0.727. The molecule has 94 valence electrons. The van der Waals surface area contributed by atoms with E-state index in [-0.39, 0.29) is 11.7 Å². The molecule has 1 N–H and O–H groups in total. The van der Waals surface area contributed by atoms with Crippen LogP contribution in [0.2, 0.25) is 0 Å². The molecule has 0 bridgehead atoms. The Morgan fingerprint density at radius 1 is 1.59 bits per heavy atom. The fourth-order valence-electron chi connectivity index (χ4n) is 1.89. The Balaban J connectivity index is 1.80. The molecular weight excluding hydrogens is 220 g/mol. The van der Waals surface area contributed by atoms with Crippen molar-refractivity contribution in [2.75, 3.05) is 19.6 Å². The van der Waals surface area contributed by atoms with Gasteiger partial charge in [-0.1, -0.05) is 19.1 Å². The molecule has 0 spiro atoms. The number of carboxylic acid groups (broad SMARTS) is 1. The Morgan fingerprint density at radius 2 is 2.29 bits per heavy atom. The molecule has 1 aliphatic heterocycles. The third-order valence-corrected chi connectivity index (χ3v) is 3.06. The van der Waals surface area contributed by atoms with Gasteiger partial charge in [-0.15, -0.1) is 5.10 Å². The van der Waals surface area contributed by atoms with Crippen LogP contribution < -0.4 is 0 Å². The highest BCUT2D eigenvalue weighted by atomic mass is 16.4. The molecule has 1 aromatic rings. The van der Waals surface area contributed by atoms with Crippen LogP contribution >= 0.6 is 0 Å². The van der Waals surface area contributed by atoms with E-state index >= 15 is 0 Å². The zero-order valence-electron chi connectivity index (χ0n) is 10.2. The molecule has 1 aliphatic rings. The first-order valence-electron chi connectivity index (χ1n) is 5.93. The molecule has 0 radical (unpaired) electrons. The largest absolute Gasteiger partial charge is 0.476 e. The number of carboxylic acids is 1. The summed E-state index contributed by atoms with van der Waals surface area (Å²) in [4.78, 5) is 13.0. The summed E-state index contributed by atoms with van der Waals surface area (Å²) in [5.41, 5.74) is 0.0191. The minimum absolute atomic E-state index is 0.0191. The van der Waals surface area contributed by atoms with Crippen LogP contribution in [0.3, 0.4) is 0 Å². The molecule has 1 aromatic heterocycles. The van der Waals surface area contributed by atoms with Crippen LogP contribution in [0.15, 0.2) is 6.20 Å². The normalized spacial score (nSPS) is 17.4. The highest BCUT2D eigenvalue weighted by Gasteiger charge is 2.29. The van der Waals surface area contributed by atoms with Crippen LogP contribution in [0.25, 0.3) is 0 Å². The summed E-state index contributed by atoms with van der Waals surface area (Å²) in [5.74, 6) is -0.300. The Bertz CT molecular complexity index is 396. The second kappa shape index (κ2) is 4.83. The molecule has 17 heavy (non-hydrogen) atoms. The number of hydrogen-bond donors (Lipinski definition) is 1. The van der Waals surface area contributed by atoms with Gasteiger partial charge in [-0.2, -0.15) is 0 Å². The van der Waals surface area contributed by atoms with Crippen molar-refractivity contribution in [2.24, 2.45) is 5.92 Å². The smallest absolute Gasteiger partial charge is 0.358 e. The zero-order chi connectivity index (χ0) is 12.4. The van der Waals surface area contributed by atoms with Gasteiger partial charge < -0.3 is 5.11 Å². The molecular formula is C11H18N4O2. The molecule has 6 nitrogen and oxygen atoms in total. The van der Waals surface area contributed by atoms with Gasteiger partial charge in [0.1, 0.15) is 0 Å². The van der Waals surface area contributed by atoms with Crippen molar-refractivity contribution in [1.82, 2.24) is 19.9 Å². The minimum atomic E-state index is -1.02. The van der Waals surface area contributed by atoms with Gasteiger partial charge >= 0.3 is 5.97 Å². The van der Waals surface area contributed by atoms with Gasteiger partial charge in [0.05, 0.1) is 12.2 Å². The molecule has 0 amide bonds. The maximum absolute atomic E-state index is 10.7. The topological polar surface area (TPSA) is 71.2 Å². The van der Waals surface area contributed by atoms with Crippen molar-refractivity contribution < 1.29 is 9.90 Å². The van der Waals surface area contributed by atoms with E-state index in [2.05, 4.69) is 29.1 Å². The number of hydrogen-bond acceptors (Lipinski definition) is 4. The van der Waals surface area contributed by atoms with Crippen molar-refractivity contribution in [3.63, 3.8) is 0 Å². The Kier molecular flexibility index (Phi) is 3.42. The quantitative estimate of drug-likeness (QED) is 0.824. The van der Waals surface area contributed by atoms with Crippen molar-refractivity contribution >= 4 is 5.97 Å². The average molecular weight is 238 g/mol. The fourth-order valence-corrected chi connectivity index (χ4v) is 1.89. The van der Waals surface area contributed by atoms with Gasteiger partial charge in [-0.05, 0) is 18.9 Å². The molecule has 0 aromatic carbocycles. The maximum atomic E-state index is 10.7. The van der Waals surface area contributed by atoms with E-state index in [1.165, 1.54) is 12.6 Å². The number of nitrogens with zero attached hydrogens (tertiary/aromatic N) is 4. The average Bonchev–Trinajstić information content (AvgIpc) is 2.63. The van der Waals surface area contributed by atoms with Gasteiger partial charge in [0, 0.05) is 13.1 Å². The van der Waals surface area contributed by atoms with Gasteiger partial charge in [0.2, 0.25) is 0 Å². The zero-order valence-corrected chi connectivity index (χ0v) is 10.2. The molecule has 1 saturated heterocycles. The van der Waals surface area contributed by atoms with Crippen LogP contribution in [-0.4, -0.2) is 50.6 Å². The van der Waals surface area contributed by atoms with E-state index in [0.717, 1.165) is 25.6 Å². The maximum Gasteiger partial charge on any atom is 0.358 e. The molecule has 0 aliphatic carbocycles. The molecule has 0 unspecified atom stereocenters. The van der Waals surface area contributed by atoms with Gasteiger partial charge in [0.15, 0.2) is 5.69 Å². The Hall–Kier alpha value is -1.43. The van der Waals surface area contributed by atoms with Crippen molar-refractivity contribution in [3.8, 4) is 0 Å². The molecule has 1 fully saturated rings. The van der Waals surface area contributed by atoms with E-state index < -0.39 is 5.97 Å². The standard InChI is InChI=1S/C11H18N4O2/c1-8(2)3-4-14-5-9(6-14)15-7-10(11(16)17)12-13-15/h7-9H,3-6H2,1-2H3,(H,16,17). The Morgan fingerprint density at radius 3 is 2.82 bits per heavy atom. The van der Waals surface area contributed by atoms with Crippen LogP contribution in [-0.2, 0) is 0 Å². The highest BCUT2D eigenvalue weighted by Crippen LogP contribution is 2.21. The second-order valence-corrected chi connectivity index (χ2v) is 4.98. The predicted molar refractivity (Wildman–Crippen MR) is 61.9 cm³/mol. The van der Waals surface area contributed by atoms with Crippen molar-refractivity contribution in [1.29, 1.82) is 0 Å². The molecule has 2 heterocycles. The lowest BCUT2D eigenvalue weighted by atomic mass is 10.1. The van der Waals surface area contributed by atoms with Gasteiger partial charge in [-0.25, -0.2) is 9.48 Å². The van der Waals surface area contributed by atoms with Crippen LogP contribution in [0.5, 0.6) is 0 Å². The van der Waals surface area contributed by atoms with Gasteiger partial charge in [-0.3, -0.25) is 4.90 Å². The molecule has 2 rings (SSSR count). The van der Waals surface area contributed by atoms with E-state index in [9.17, 15) is 4.79 Å². The summed E-state index contributed by atoms with van der Waals surface area (Å²) in [7, 11) is 0. The summed E-state index contributed by atoms with van der Waals surface area (Å²) in [6, 6.07) is 0.280. The third kappa shape index (κ3) is 2.82. The van der Waals surface area contributed by atoms with E-state index in [4.69, 9.17) is 5.11 Å². The lowest BCUT2D eigenvalue weighted by molar-refractivity contribution is 0.0690. The number of aromatic carboxylic acids is 1. The summed E-state index contributed by atoms with van der Waals surface area (Å²) in [5, 5.41) is 16.2. The molecule has 0 saturated carbocycles.